The van der Waals surface area contributed by atoms with Crippen LogP contribution in [0.2, 0.25) is 0 Å². The van der Waals surface area contributed by atoms with Crippen LogP contribution in [-0.4, -0.2) is 11.7 Å². The molecule has 0 radical (unpaired) electrons. The minimum Gasteiger partial charge on any atom is -0.502 e. The zero-order valence-electron chi connectivity index (χ0n) is 13.7. The van der Waals surface area contributed by atoms with Gasteiger partial charge in [0.15, 0.2) is 5.76 Å². The van der Waals surface area contributed by atoms with Crippen LogP contribution >= 0.6 is 15.9 Å². The third kappa shape index (κ3) is 3.61. The van der Waals surface area contributed by atoms with E-state index in [2.05, 4.69) is 22.5 Å². The van der Waals surface area contributed by atoms with Crippen LogP contribution in [0.5, 0.6) is 11.5 Å². The number of halogens is 1. The average Bonchev–Trinajstić information content (AvgIpc) is 2.58. The van der Waals surface area contributed by atoms with E-state index in [0.29, 0.717) is 29.9 Å². The predicted octanol–water partition coefficient (Wildman–Crippen LogP) is 5.27. The summed E-state index contributed by atoms with van der Waals surface area (Å²) in [5.41, 5.74) is 1.47. The Kier molecular flexibility index (Phi) is 4.95. The van der Waals surface area contributed by atoms with Gasteiger partial charge in [-0.15, -0.1) is 6.58 Å². The fraction of sp³-hybridized carbons (Fsp3) is 0.150. The van der Waals surface area contributed by atoms with Gasteiger partial charge < -0.3 is 14.3 Å². The van der Waals surface area contributed by atoms with Gasteiger partial charge in [-0.3, -0.25) is 4.79 Å². The quantitative estimate of drug-likeness (QED) is 0.592. The molecule has 1 N–H and O–H groups in total. The molecule has 2 aromatic carbocycles. The summed E-state index contributed by atoms with van der Waals surface area (Å²) in [4.78, 5) is 12.7. The number of hydrogen-bond donors (Lipinski definition) is 1. The van der Waals surface area contributed by atoms with Crippen LogP contribution in [0.1, 0.15) is 13.3 Å². The van der Waals surface area contributed by atoms with E-state index in [1.807, 2.05) is 19.1 Å². The van der Waals surface area contributed by atoms with E-state index in [0.717, 1.165) is 10.0 Å². The van der Waals surface area contributed by atoms with Crippen molar-refractivity contribution in [3.63, 3.8) is 0 Å². The summed E-state index contributed by atoms with van der Waals surface area (Å²) < 4.78 is 12.4. The lowest BCUT2D eigenvalue weighted by Gasteiger charge is -2.11. The molecule has 0 fully saturated rings. The zero-order valence-corrected chi connectivity index (χ0v) is 15.3. The molecule has 1 aromatic heterocycles. The van der Waals surface area contributed by atoms with Crippen molar-refractivity contribution in [1.82, 2.24) is 0 Å². The second-order valence-corrected chi connectivity index (χ2v) is 6.72. The van der Waals surface area contributed by atoms with Crippen molar-refractivity contribution in [2.45, 2.75) is 13.3 Å². The Labute approximate surface area is 153 Å². The Bertz CT molecular complexity index is 987. The molecule has 1 heterocycles. The zero-order chi connectivity index (χ0) is 18.0. The highest BCUT2D eigenvalue weighted by Gasteiger charge is 2.18. The van der Waals surface area contributed by atoms with Crippen molar-refractivity contribution in [1.29, 1.82) is 0 Å². The molecular formula is C20H17BrO4. The van der Waals surface area contributed by atoms with Crippen molar-refractivity contribution in [3.8, 4) is 22.8 Å². The van der Waals surface area contributed by atoms with Crippen LogP contribution in [-0.2, 0) is 0 Å². The van der Waals surface area contributed by atoms with E-state index in [-0.39, 0.29) is 11.1 Å². The summed E-state index contributed by atoms with van der Waals surface area (Å²) in [5.74, 6) is 0.111. The first kappa shape index (κ1) is 17.3. The molecule has 0 saturated carbocycles. The van der Waals surface area contributed by atoms with Crippen molar-refractivity contribution in [2.75, 3.05) is 6.61 Å². The summed E-state index contributed by atoms with van der Waals surface area (Å²) in [6.07, 6.45) is 0.685. The van der Waals surface area contributed by atoms with Crippen molar-refractivity contribution in [2.24, 2.45) is 0 Å². The number of aromatic hydroxyl groups is 1. The highest BCUT2D eigenvalue weighted by Crippen LogP contribution is 2.33. The van der Waals surface area contributed by atoms with Crippen LogP contribution in [0.25, 0.3) is 22.3 Å². The van der Waals surface area contributed by atoms with E-state index in [1.54, 1.807) is 30.3 Å². The van der Waals surface area contributed by atoms with Crippen molar-refractivity contribution >= 4 is 26.9 Å². The van der Waals surface area contributed by atoms with Crippen LogP contribution in [0.15, 0.2) is 68.3 Å². The lowest BCUT2D eigenvalue weighted by atomic mass is 10.1. The highest BCUT2D eigenvalue weighted by molar-refractivity contribution is 9.10. The van der Waals surface area contributed by atoms with Gasteiger partial charge in [0.2, 0.25) is 11.2 Å². The normalized spacial score (nSPS) is 10.8. The second kappa shape index (κ2) is 7.15. The van der Waals surface area contributed by atoms with E-state index < -0.39 is 11.2 Å². The first-order valence-electron chi connectivity index (χ1n) is 7.79. The van der Waals surface area contributed by atoms with E-state index in [1.165, 1.54) is 0 Å². The standard InChI is InChI=1S/C20H17BrO4/c1-12(2)10-11-24-15-4-3-5-16-17(15)18(22)19(23)20(25-16)13-6-8-14(21)9-7-13/h3-9,23H,1,10-11H2,2H3. The lowest BCUT2D eigenvalue weighted by Crippen LogP contribution is -2.06. The topological polar surface area (TPSA) is 59.7 Å². The number of hydrogen-bond acceptors (Lipinski definition) is 4. The van der Waals surface area contributed by atoms with Crippen LogP contribution in [0, 0.1) is 0 Å². The van der Waals surface area contributed by atoms with Gasteiger partial charge in [-0.1, -0.05) is 27.6 Å². The Morgan fingerprint density at radius 2 is 1.96 bits per heavy atom. The molecule has 4 nitrogen and oxygen atoms in total. The van der Waals surface area contributed by atoms with E-state index in [4.69, 9.17) is 9.15 Å². The first-order valence-corrected chi connectivity index (χ1v) is 8.58. The molecule has 5 heteroatoms. The second-order valence-electron chi connectivity index (χ2n) is 5.80. The van der Waals surface area contributed by atoms with Gasteiger partial charge >= 0.3 is 0 Å². The molecule has 0 unspecified atom stereocenters. The SMILES string of the molecule is C=C(C)CCOc1cccc2oc(-c3ccc(Br)cc3)c(O)c(=O)c12. The summed E-state index contributed by atoms with van der Waals surface area (Å²) in [6, 6.07) is 12.3. The molecule has 3 rings (SSSR count). The van der Waals surface area contributed by atoms with Crippen LogP contribution < -0.4 is 10.2 Å². The Morgan fingerprint density at radius 1 is 1.24 bits per heavy atom. The smallest absolute Gasteiger partial charge is 0.238 e. The lowest BCUT2D eigenvalue weighted by molar-refractivity contribution is 0.324. The molecule has 0 spiro atoms. The Morgan fingerprint density at radius 3 is 2.64 bits per heavy atom. The van der Waals surface area contributed by atoms with Gasteiger partial charge in [-0.25, -0.2) is 0 Å². The summed E-state index contributed by atoms with van der Waals surface area (Å²) in [6.45, 7) is 6.15. The van der Waals surface area contributed by atoms with Gasteiger partial charge in [0.1, 0.15) is 16.7 Å². The number of rotatable bonds is 5. The van der Waals surface area contributed by atoms with Gasteiger partial charge in [-0.2, -0.15) is 0 Å². The number of ether oxygens (including phenoxy) is 1. The molecule has 3 aromatic rings. The molecular weight excluding hydrogens is 384 g/mol. The van der Waals surface area contributed by atoms with Gasteiger partial charge in [-0.05, 0) is 43.3 Å². The first-order chi connectivity index (χ1) is 12.0. The molecule has 0 amide bonds. The average molecular weight is 401 g/mol. The molecule has 25 heavy (non-hydrogen) atoms. The van der Waals surface area contributed by atoms with Gasteiger partial charge in [0.05, 0.1) is 6.61 Å². The minimum atomic E-state index is -0.509. The van der Waals surface area contributed by atoms with Gasteiger partial charge in [0, 0.05) is 16.5 Å². The Balaban J connectivity index is 2.10. The third-order valence-corrected chi connectivity index (χ3v) is 4.28. The summed E-state index contributed by atoms with van der Waals surface area (Å²) in [5, 5.41) is 10.6. The van der Waals surface area contributed by atoms with Crippen LogP contribution in [0.4, 0.5) is 0 Å². The van der Waals surface area contributed by atoms with Crippen LogP contribution in [0.3, 0.4) is 0 Å². The van der Waals surface area contributed by atoms with E-state index in [9.17, 15) is 9.90 Å². The maximum absolute atomic E-state index is 12.7. The fourth-order valence-electron chi connectivity index (χ4n) is 2.45. The summed E-state index contributed by atoms with van der Waals surface area (Å²) in [7, 11) is 0. The molecule has 0 saturated heterocycles. The number of fused-ring (bicyclic) bond motifs is 1. The summed E-state index contributed by atoms with van der Waals surface area (Å²) >= 11 is 3.36. The molecule has 0 aliphatic carbocycles. The third-order valence-electron chi connectivity index (χ3n) is 3.75. The predicted molar refractivity (Wildman–Crippen MR) is 102 cm³/mol. The molecule has 0 aliphatic heterocycles. The molecule has 128 valence electrons. The maximum Gasteiger partial charge on any atom is 0.238 e. The largest absolute Gasteiger partial charge is 0.502 e. The van der Waals surface area contributed by atoms with Crippen molar-refractivity contribution < 1.29 is 14.3 Å². The fourth-order valence-corrected chi connectivity index (χ4v) is 2.72. The minimum absolute atomic E-state index is 0.143. The maximum atomic E-state index is 12.7. The molecule has 0 aliphatic rings. The number of benzene rings is 2. The Hall–Kier alpha value is -2.53. The molecule has 0 bridgehead atoms. The molecule has 0 atom stereocenters. The van der Waals surface area contributed by atoms with Crippen molar-refractivity contribution in [3.05, 3.63) is 69.3 Å². The van der Waals surface area contributed by atoms with E-state index >= 15 is 0 Å². The van der Waals surface area contributed by atoms with Gasteiger partial charge in [0.25, 0.3) is 0 Å². The monoisotopic (exact) mass is 400 g/mol. The highest BCUT2D eigenvalue weighted by atomic mass is 79.9.